The maximum absolute atomic E-state index is 10.8. The Hall–Kier alpha value is -1.97. The number of nitrogens with one attached hydrogen (secondary N) is 2. The van der Waals surface area contributed by atoms with Gasteiger partial charge in [0.1, 0.15) is 5.75 Å². The summed E-state index contributed by atoms with van der Waals surface area (Å²) in [6.07, 6.45) is 1.48. The number of phenolic OH excluding ortho intramolecular Hbond substituents is 1. The molecule has 1 amide bonds. The van der Waals surface area contributed by atoms with Crippen molar-refractivity contribution in [3.63, 3.8) is 0 Å². The average molecular weight is 190 g/mol. The molecule has 0 atom stereocenters. The number of carbonyl (C=O) groups is 1. The quantitative estimate of drug-likeness (QED) is 0.605. The van der Waals surface area contributed by atoms with E-state index in [1.807, 2.05) is 6.07 Å². The van der Waals surface area contributed by atoms with Gasteiger partial charge in [-0.3, -0.25) is 4.79 Å². The number of aromatic hydroxyl groups is 1. The predicted octanol–water partition coefficient (Wildman–Crippen LogP) is 0.818. The number of carbonyl (C=O) groups excluding carboxylic acids is 1. The fourth-order valence-electron chi connectivity index (χ4n) is 1.28. The summed E-state index contributed by atoms with van der Waals surface area (Å²) in [5, 5.41) is 15.0. The molecule has 2 rings (SSSR count). The van der Waals surface area contributed by atoms with Gasteiger partial charge in [0.15, 0.2) is 0 Å². The molecular weight excluding hydrogens is 180 g/mol. The second kappa shape index (κ2) is 3.41. The van der Waals surface area contributed by atoms with E-state index in [4.69, 9.17) is 0 Å². The first-order valence-corrected chi connectivity index (χ1v) is 4.29. The minimum atomic E-state index is -0.108. The van der Waals surface area contributed by atoms with E-state index < -0.39 is 0 Å². The molecule has 0 radical (unpaired) electrons. The number of hydrogen-bond donors (Lipinski definition) is 3. The minimum Gasteiger partial charge on any atom is -0.506 e. The van der Waals surface area contributed by atoms with Crippen molar-refractivity contribution in [1.29, 1.82) is 0 Å². The Morgan fingerprint density at radius 2 is 2.14 bits per heavy atom. The van der Waals surface area contributed by atoms with Crippen molar-refractivity contribution >= 4 is 11.6 Å². The van der Waals surface area contributed by atoms with Gasteiger partial charge in [-0.2, -0.15) is 0 Å². The van der Waals surface area contributed by atoms with Crippen LogP contribution in [0.3, 0.4) is 0 Å². The molecule has 1 aliphatic heterocycles. The van der Waals surface area contributed by atoms with Gasteiger partial charge in [-0.05, 0) is 12.1 Å². The standard InChI is InChI=1S/C10H10N2O2/c13-9-4-2-1-3-8(9)12-7-5-10(14)11-6-7/h1-5,12-13H,6H2,(H,11,14). The number of anilines is 1. The van der Waals surface area contributed by atoms with Crippen LogP contribution in [0.4, 0.5) is 5.69 Å². The summed E-state index contributed by atoms with van der Waals surface area (Å²) < 4.78 is 0. The summed E-state index contributed by atoms with van der Waals surface area (Å²) in [7, 11) is 0. The van der Waals surface area contributed by atoms with Gasteiger partial charge < -0.3 is 15.7 Å². The molecule has 1 heterocycles. The summed E-state index contributed by atoms with van der Waals surface area (Å²) in [4.78, 5) is 10.8. The fraction of sp³-hybridized carbons (Fsp3) is 0.100. The molecule has 1 aromatic carbocycles. The highest BCUT2D eigenvalue weighted by Crippen LogP contribution is 2.23. The van der Waals surface area contributed by atoms with Crippen LogP contribution in [0.1, 0.15) is 0 Å². The third kappa shape index (κ3) is 1.69. The first-order chi connectivity index (χ1) is 6.75. The van der Waals surface area contributed by atoms with Gasteiger partial charge in [0.2, 0.25) is 5.91 Å². The molecular formula is C10H10N2O2. The van der Waals surface area contributed by atoms with Crippen molar-refractivity contribution in [2.24, 2.45) is 0 Å². The molecule has 0 spiro atoms. The summed E-state index contributed by atoms with van der Waals surface area (Å²) in [6, 6.07) is 6.89. The molecule has 4 heteroatoms. The lowest BCUT2D eigenvalue weighted by Gasteiger charge is -2.07. The molecule has 0 saturated carbocycles. The zero-order valence-electron chi connectivity index (χ0n) is 7.45. The van der Waals surface area contributed by atoms with Gasteiger partial charge in [-0.1, -0.05) is 12.1 Å². The van der Waals surface area contributed by atoms with Crippen LogP contribution >= 0.6 is 0 Å². The molecule has 0 fully saturated rings. The minimum absolute atomic E-state index is 0.108. The third-order valence-corrected chi connectivity index (χ3v) is 1.96. The van der Waals surface area contributed by atoms with Crippen LogP contribution in [0.2, 0.25) is 0 Å². The molecule has 0 aliphatic carbocycles. The number of hydrogen-bond acceptors (Lipinski definition) is 3. The molecule has 72 valence electrons. The van der Waals surface area contributed by atoms with E-state index in [1.165, 1.54) is 6.08 Å². The van der Waals surface area contributed by atoms with Crippen molar-refractivity contribution < 1.29 is 9.90 Å². The fourth-order valence-corrected chi connectivity index (χ4v) is 1.28. The largest absolute Gasteiger partial charge is 0.506 e. The lowest BCUT2D eigenvalue weighted by atomic mass is 10.3. The summed E-state index contributed by atoms with van der Waals surface area (Å²) in [5.74, 6) is 0.0654. The lowest BCUT2D eigenvalue weighted by Crippen LogP contribution is -2.16. The van der Waals surface area contributed by atoms with Crippen LogP contribution in [0.25, 0.3) is 0 Å². The first kappa shape index (κ1) is 8.62. The molecule has 0 unspecified atom stereocenters. The number of phenols is 1. The Balaban J connectivity index is 2.15. The van der Waals surface area contributed by atoms with Crippen molar-refractivity contribution in [3.05, 3.63) is 36.0 Å². The highest BCUT2D eigenvalue weighted by atomic mass is 16.3. The van der Waals surface area contributed by atoms with Gasteiger partial charge in [0.25, 0.3) is 0 Å². The second-order valence-corrected chi connectivity index (χ2v) is 3.03. The van der Waals surface area contributed by atoms with Crippen LogP contribution in [-0.4, -0.2) is 17.6 Å². The Morgan fingerprint density at radius 3 is 2.79 bits per heavy atom. The maximum atomic E-state index is 10.8. The average Bonchev–Trinajstić information content (AvgIpc) is 2.56. The number of amides is 1. The maximum Gasteiger partial charge on any atom is 0.246 e. The molecule has 1 aliphatic rings. The lowest BCUT2D eigenvalue weighted by molar-refractivity contribution is -0.115. The van der Waals surface area contributed by atoms with Gasteiger partial charge in [-0.15, -0.1) is 0 Å². The topological polar surface area (TPSA) is 61.4 Å². The van der Waals surface area contributed by atoms with Crippen molar-refractivity contribution in [2.75, 3.05) is 11.9 Å². The first-order valence-electron chi connectivity index (χ1n) is 4.29. The second-order valence-electron chi connectivity index (χ2n) is 3.03. The van der Waals surface area contributed by atoms with E-state index in [1.54, 1.807) is 18.2 Å². The monoisotopic (exact) mass is 190 g/mol. The zero-order chi connectivity index (χ0) is 9.97. The number of rotatable bonds is 2. The Bertz CT molecular complexity index is 399. The SMILES string of the molecule is O=C1C=C(Nc2ccccc2O)CN1. The van der Waals surface area contributed by atoms with E-state index in [9.17, 15) is 9.90 Å². The van der Waals surface area contributed by atoms with Crippen LogP contribution in [-0.2, 0) is 4.79 Å². The van der Waals surface area contributed by atoms with Crippen LogP contribution in [0, 0.1) is 0 Å². The summed E-state index contributed by atoms with van der Waals surface area (Å²) >= 11 is 0. The highest BCUT2D eigenvalue weighted by Gasteiger charge is 2.11. The Labute approximate surface area is 81.3 Å². The third-order valence-electron chi connectivity index (χ3n) is 1.96. The number of benzene rings is 1. The van der Waals surface area contributed by atoms with Gasteiger partial charge >= 0.3 is 0 Å². The zero-order valence-corrected chi connectivity index (χ0v) is 7.45. The smallest absolute Gasteiger partial charge is 0.246 e. The molecule has 0 saturated heterocycles. The van der Waals surface area contributed by atoms with E-state index >= 15 is 0 Å². The normalized spacial score (nSPS) is 14.9. The Kier molecular flexibility index (Phi) is 2.10. The van der Waals surface area contributed by atoms with Gasteiger partial charge in [0, 0.05) is 11.8 Å². The van der Waals surface area contributed by atoms with E-state index in [2.05, 4.69) is 10.6 Å². The van der Waals surface area contributed by atoms with Gasteiger partial charge in [0.05, 0.1) is 12.2 Å². The molecule has 3 N–H and O–H groups in total. The molecule has 14 heavy (non-hydrogen) atoms. The summed E-state index contributed by atoms with van der Waals surface area (Å²) in [6.45, 7) is 0.479. The molecule has 0 bridgehead atoms. The van der Waals surface area contributed by atoms with E-state index in [0.29, 0.717) is 12.2 Å². The Morgan fingerprint density at radius 1 is 1.36 bits per heavy atom. The van der Waals surface area contributed by atoms with E-state index in [-0.39, 0.29) is 11.7 Å². The van der Waals surface area contributed by atoms with E-state index in [0.717, 1.165) is 5.70 Å². The van der Waals surface area contributed by atoms with Crippen LogP contribution in [0.15, 0.2) is 36.0 Å². The van der Waals surface area contributed by atoms with Gasteiger partial charge in [-0.25, -0.2) is 0 Å². The predicted molar refractivity (Wildman–Crippen MR) is 52.8 cm³/mol. The number of para-hydroxylation sites is 2. The molecule has 4 nitrogen and oxygen atoms in total. The van der Waals surface area contributed by atoms with Crippen LogP contribution < -0.4 is 10.6 Å². The van der Waals surface area contributed by atoms with Crippen molar-refractivity contribution in [1.82, 2.24) is 5.32 Å². The molecule has 1 aromatic rings. The van der Waals surface area contributed by atoms with Crippen molar-refractivity contribution in [2.45, 2.75) is 0 Å². The van der Waals surface area contributed by atoms with Crippen molar-refractivity contribution in [3.8, 4) is 5.75 Å². The molecule has 0 aromatic heterocycles. The van der Waals surface area contributed by atoms with Crippen LogP contribution in [0.5, 0.6) is 5.75 Å². The summed E-state index contributed by atoms with van der Waals surface area (Å²) in [5.41, 5.74) is 1.37. The highest BCUT2D eigenvalue weighted by molar-refractivity contribution is 5.91.